The molecule has 1 atom stereocenters. The molecule has 0 amide bonds. The van der Waals surface area contributed by atoms with Crippen molar-refractivity contribution in [1.82, 2.24) is 0 Å². The zero-order chi connectivity index (χ0) is 15.1. The van der Waals surface area contributed by atoms with Gasteiger partial charge in [-0.05, 0) is 38.7 Å². The number of aldehydes is 1. The monoisotopic (exact) mass is 291 g/mol. The predicted molar refractivity (Wildman–Crippen MR) is 88.9 cm³/mol. The normalized spacial score (nSPS) is 16.9. The molecule has 2 N–H and O–H groups in total. The van der Waals surface area contributed by atoms with Gasteiger partial charge in [-0.25, -0.2) is 0 Å². The molecule has 3 heteroatoms. The number of nitrogens with two attached hydrogens (primary N) is 1. The predicted octanol–water partition coefficient (Wildman–Crippen LogP) is 2.73. The lowest BCUT2D eigenvalue weighted by Crippen LogP contribution is -2.18. The SMILES string of the molecule is NCCOC1CC=c2ccc3c(C=O)ccc4ccc1c2c43. The quantitative estimate of drug-likeness (QED) is 0.752. The molecule has 0 aromatic heterocycles. The molecule has 22 heavy (non-hydrogen) atoms. The summed E-state index contributed by atoms with van der Waals surface area (Å²) >= 11 is 0. The standard InChI is InChI=1S/C19H17NO2/c20-9-10-22-17-8-5-13-3-6-15-14(11-21)2-1-12-4-7-16(17)19(13)18(12)15/h1-7,11,17H,8-10,20H2. The molecular formula is C19H17NO2. The Kier molecular flexibility index (Phi) is 3.17. The molecule has 1 unspecified atom stereocenters. The number of benzene rings is 3. The molecule has 0 fully saturated rings. The van der Waals surface area contributed by atoms with Crippen molar-refractivity contribution >= 4 is 33.9 Å². The Labute approximate surface area is 128 Å². The van der Waals surface area contributed by atoms with Gasteiger partial charge in [0.1, 0.15) is 0 Å². The second-order valence-corrected chi connectivity index (χ2v) is 5.69. The Morgan fingerprint density at radius 1 is 1.14 bits per heavy atom. The molecule has 3 aromatic carbocycles. The van der Waals surface area contributed by atoms with Crippen LogP contribution in [0.4, 0.5) is 0 Å². The van der Waals surface area contributed by atoms with E-state index in [-0.39, 0.29) is 6.10 Å². The molecule has 0 bridgehead atoms. The Morgan fingerprint density at radius 2 is 2.00 bits per heavy atom. The van der Waals surface area contributed by atoms with Crippen molar-refractivity contribution in [3.63, 3.8) is 0 Å². The van der Waals surface area contributed by atoms with E-state index in [1.54, 1.807) is 0 Å². The van der Waals surface area contributed by atoms with E-state index in [4.69, 9.17) is 10.5 Å². The average Bonchev–Trinajstić information content (AvgIpc) is 2.58. The van der Waals surface area contributed by atoms with Gasteiger partial charge in [0, 0.05) is 12.1 Å². The molecule has 0 saturated heterocycles. The van der Waals surface area contributed by atoms with Gasteiger partial charge in [0.2, 0.25) is 0 Å². The van der Waals surface area contributed by atoms with Crippen molar-refractivity contribution < 1.29 is 9.53 Å². The van der Waals surface area contributed by atoms with Crippen LogP contribution in [0.15, 0.2) is 36.4 Å². The Morgan fingerprint density at radius 3 is 2.82 bits per heavy atom. The van der Waals surface area contributed by atoms with Crippen LogP contribution in [0, 0.1) is 0 Å². The van der Waals surface area contributed by atoms with Crippen molar-refractivity contribution in [3.8, 4) is 0 Å². The Bertz CT molecular complexity index is 930. The number of hydrogen-bond acceptors (Lipinski definition) is 3. The van der Waals surface area contributed by atoms with Gasteiger partial charge >= 0.3 is 0 Å². The third-order valence-electron chi connectivity index (χ3n) is 4.47. The van der Waals surface area contributed by atoms with Gasteiger partial charge in [0.15, 0.2) is 6.29 Å². The highest BCUT2D eigenvalue weighted by Gasteiger charge is 2.20. The van der Waals surface area contributed by atoms with Crippen LogP contribution >= 0.6 is 0 Å². The molecule has 4 rings (SSSR count). The van der Waals surface area contributed by atoms with Gasteiger partial charge in [0.25, 0.3) is 0 Å². The summed E-state index contributed by atoms with van der Waals surface area (Å²) in [6, 6.07) is 12.3. The van der Waals surface area contributed by atoms with Gasteiger partial charge in [-0.1, -0.05) is 42.5 Å². The maximum absolute atomic E-state index is 11.3. The van der Waals surface area contributed by atoms with E-state index in [9.17, 15) is 4.79 Å². The van der Waals surface area contributed by atoms with Crippen molar-refractivity contribution in [3.05, 3.63) is 52.7 Å². The van der Waals surface area contributed by atoms with E-state index in [0.29, 0.717) is 13.2 Å². The van der Waals surface area contributed by atoms with Crippen molar-refractivity contribution in [2.45, 2.75) is 12.5 Å². The number of hydrogen-bond donors (Lipinski definition) is 1. The van der Waals surface area contributed by atoms with Crippen LogP contribution in [0.5, 0.6) is 0 Å². The highest BCUT2D eigenvalue weighted by Crippen LogP contribution is 2.35. The molecule has 0 saturated carbocycles. The van der Waals surface area contributed by atoms with E-state index in [0.717, 1.165) is 34.4 Å². The molecular weight excluding hydrogens is 274 g/mol. The summed E-state index contributed by atoms with van der Waals surface area (Å²) in [5.41, 5.74) is 7.50. The van der Waals surface area contributed by atoms with E-state index >= 15 is 0 Å². The molecule has 0 heterocycles. The highest BCUT2D eigenvalue weighted by atomic mass is 16.5. The third-order valence-corrected chi connectivity index (χ3v) is 4.47. The van der Waals surface area contributed by atoms with E-state index in [1.165, 1.54) is 16.2 Å². The first kappa shape index (κ1) is 13.4. The molecule has 1 aliphatic rings. The summed E-state index contributed by atoms with van der Waals surface area (Å²) in [6.45, 7) is 1.08. The summed E-state index contributed by atoms with van der Waals surface area (Å²) in [6.07, 6.45) is 4.06. The average molecular weight is 291 g/mol. The zero-order valence-electron chi connectivity index (χ0n) is 12.2. The molecule has 3 nitrogen and oxygen atoms in total. The molecule has 0 radical (unpaired) electrons. The first-order valence-electron chi connectivity index (χ1n) is 7.58. The first-order chi connectivity index (χ1) is 10.8. The van der Waals surface area contributed by atoms with E-state index in [2.05, 4.69) is 30.3 Å². The fourth-order valence-electron chi connectivity index (χ4n) is 3.49. The van der Waals surface area contributed by atoms with Gasteiger partial charge in [0.05, 0.1) is 12.7 Å². The topological polar surface area (TPSA) is 52.3 Å². The summed E-state index contributed by atoms with van der Waals surface area (Å²) in [7, 11) is 0. The number of rotatable bonds is 4. The van der Waals surface area contributed by atoms with Crippen LogP contribution in [0.25, 0.3) is 27.6 Å². The Balaban J connectivity index is 2.07. The molecule has 0 spiro atoms. The van der Waals surface area contributed by atoms with E-state index < -0.39 is 0 Å². The minimum absolute atomic E-state index is 0.0472. The van der Waals surface area contributed by atoms with Crippen LogP contribution in [-0.4, -0.2) is 19.4 Å². The molecule has 0 aliphatic heterocycles. The Hall–Kier alpha value is -2.23. The fourth-order valence-corrected chi connectivity index (χ4v) is 3.49. The van der Waals surface area contributed by atoms with Crippen LogP contribution < -0.4 is 11.0 Å². The second kappa shape index (κ2) is 5.20. The number of ether oxygens (including phenoxy) is 1. The van der Waals surface area contributed by atoms with Crippen molar-refractivity contribution in [1.29, 1.82) is 0 Å². The van der Waals surface area contributed by atoms with Crippen LogP contribution in [0.1, 0.15) is 28.4 Å². The highest BCUT2D eigenvalue weighted by molar-refractivity contribution is 6.16. The first-order valence-corrected chi connectivity index (χ1v) is 7.58. The number of carbonyl (C=O) groups is 1. The minimum atomic E-state index is 0.0472. The summed E-state index contributed by atoms with van der Waals surface area (Å²) in [4.78, 5) is 11.3. The van der Waals surface area contributed by atoms with Gasteiger partial charge in [-0.3, -0.25) is 4.79 Å². The van der Waals surface area contributed by atoms with Gasteiger partial charge in [-0.15, -0.1) is 0 Å². The lowest BCUT2D eigenvalue weighted by molar-refractivity contribution is 0.0632. The zero-order valence-corrected chi connectivity index (χ0v) is 12.2. The van der Waals surface area contributed by atoms with Crippen molar-refractivity contribution in [2.24, 2.45) is 5.73 Å². The summed E-state index contributed by atoms with van der Waals surface area (Å²) in [5, 5.41) is 5.78. The lowest BCUT2D eigenvalue weighted by Gasteiger charge is -2.23. The van der Waals surface area contributed by atoms with Crippen LogP contribution in [-0.2, 0) is 4.74 Å². The minimum Gasteiger partial charge on any atom is -0.372 e. The van der Waals surface area contributed by atoms with Crippen molar-refractivity contribution in [2.75, 3.05) is 13.2 Å². The van der Waals surface area contributed by atoms with Gasteiger partial charge < -0.3 is 10.5 Å². The molecule has 110 valence electrons. The summed E-state index contributed by atoms with van der Waals surface area (Å²) in [5.74, 6) is 0. The molecule has 3 aromatic rings. The third kappa shape index (κ3) is 1.86. The smallest absolute Gasteiger partial charge is 0.150 e. The van der Waals surface area contributed by atoms with Gasteiger partial charge in [-0.2, -0.15) is 0 Å². The molecule has 1 aliphatic carbocycles. The van der Waals surface area contributed by atoms with Crippen LogP contribution in [0.2, 0.25) is 0 Å². The number of carbonyl (C=O) groups excluding carboxylic acids is 1. The lowest BCUT2D eigenvalue weighted by atomic mass is 9.87. The second-order valence-electron chi connectivity index (χ2n) is 5.69. The maximum atomic E-state index is 11.3. The van der Waals surface area contributed by atoms with Crippen LogP contribution in [0.3, 0.4) is 0 Å². The summed E-state index contributed by atoms with van der Waals surface area (Å²) < 4.78 is 5.91. The fraction of sp³-hybridized carbons (Fsp3) is 0.211. The van der Waals surface area contributed by atoms with E-state index in [1.807, 2.05) is 12.1 Å². The maximum Gasteiger partial charge on any atom is 0.150 e. The largest absolute Gasteiger partial charge is 0.372 e.